The van der Waals surface area contributed by atoms with Crippen molar-refractivity contribution in [2.24, 2.45) is 4.99 Å². The van der Waals surface area contributed by atoms with E-state index in [-0.39, 0.29) is 5.88 Å². The van der Waals surface area contributed by atoms with Crippen LogP contribution in [0.25, 0.3) is 5.57 Å². The van der Waals surface area contributed by atoms with Gasteiger partial charge in [0.2, 0.25) is 5.91 Å². The quantitative estimate of drug-likeness (QED) is 0.661. The number of imide groups is 1. The van der Waals surface area contributed by atoms with Crippen LogP contribution in [0.5, 0.6) is 0 Å². The van der Waals surface area contributed by atoms with Gasteiger partial charge in [-0.1, -0.05) is 36.9 Å². The number of amides is 3. The van der Waals surface area contributed by atoms with Crippen molar-refractivity contribution in [1.29, 1.82) is 0 Å². The lowest BCUT2D eigenvalue weighted by Gasteiger charge is -1.99. The van der Waals surface area contributed by atoms with Crippen molar-refractivity contribution in [2.75, 3.05) is 5.88 Å². The van der Waals surface area contributed by atoms with E-state index >= 15 is 0 Å². The third-order valence-corrected chi connectivity index (χ3v) is 2.09. The zero-order chi connectivity index (χ0) is 12.7. The molecule has 0 radical (unpaired) electrons. The average molecular weight is 251 g/mol. The first kappa shape index (κ1) is 13.1. The fourth-order valence-electron chi connectivity index (χ4n) is 1.05. The number of benzene rings is 1. The summed E-state index contributed by atoms with van der Waals surface area (Å²) in [6.07, 6.45) is 1.30. The summed E-state index contributed by atoms with van der Waals surface area (Å²) in [4.78, 5) is 25.4. The molecule has 17 heavy (non-hydrogen) atoms. The lowest BCUT2D eigenvalue weighted by Crippen LogP contribution is -2.28. The molecule has 1 aromatic rings. The smallest absolute Gasteiger partial charge is 0.275 e. The van der Waals surface area contributed by atoms with E-state index in [9.17, 15) is 9.59 Å². The van der Waals surface area contributed by atoms with Crippen molar-refractivity contribution in [2.45, 2.75) is 0 Å². The molecule has 0 aliphatic carbocycles. The number of hydrogen-bond acceptors (Lipinski definition) is 2. The number of nitrogens with zero attached hydrogens (tertiary/aromatic N) is 1. The summed E-state index contributed by atoms with van der Waals surface area (Å²) < 4.78 is 0. The number of hydrogen-bond donors (Lipinski definition) is 1. The van der Waals surface area contributed by atoms with Gasteiger partial charge in [0, 0.05) is 6.21 Å². The van der Waals surface area contributed by atoms with Gasteiger partial charge in [-0.15, -0.1) is 11.6 Å². The summed E-state index contributed by atoms with van der Waals surface area (Å²) in [5.41, 5.74) is 1.44. The van der Waals surface area contributed by atoms with E-state index in [1.165, 1.54) is 6.21 Å². The minimum absolute atomic E-state index is 0.277. The predicted octanol–water partition coefficient (Wildman–Crippen LogP) is 2.25. The molecule has 0 fully saturated rings. The normalized spacial score (nSPS) is 10.2. The molecule has 4 nitrogen and oxygen atoms in total. The van der Waals surface area contributed by atoms with Gasteiger partial charge in [-0.3, -0.25) is 10.1 Å². The largest absolute Gasteiger partial charge is 0.347 e. The van der Waals surface area contributed by atoms with E-state index in [1.807, 2.05) is 35.6 Å². The van der Waals surface area contributed by atoms with Crippen molar-refractivity contribution >= 4 is 35.3 Å². The molecule has 0 saturated carbocycles. The lowest BCUT2D eigenvalue weighted by atomic mass is 10.1. The standard InChI is InChI=1S/C12H11ClN2O2/c1-9(10-5-3-2-4-6-10)8-14-12(17)15-11(16)7-13/h2-6,8H,1,7H2,(H,15,16,17). The molecule has 0 atom stereocenters. The Morgan fingerprint density at radius 1 is 1.35 bits per heavy atom. The zero-order valence-electron chi connectivity index (χ0n) is 9.02. The first-order chi connectivity index (χ1) is 8.13. The van der Waals surface area contributed by atoms with E-state index in [0.29, 0.717) is 5.57 Å². The lowest BCUT2D eigenvalue weighted by molar-refractivity contribution is -0.117. The summed E-state index contributed by atoms with van der Waals surface area (Å²) in [5.74, 6) is -0.861. The molecule has 0 aliphatic heterocycles. The summed E-state index contributed by atoms with van der Waals surface area (Å²) in [7, 11) is 0. The van der Waals surface area contributed by atoms with Crippen LogP contribution in [0.1, 0.15) is 5.56 Å². The third kappa shape index (κ3) is 4.61. The molecule has 0 spiro atoms. The van der Waals surface area contributed by atoms with E-state index in [1.54, 1.807) is 0 Å². The van der Waals surface area contributed by atoms with Crippen molar-refractivity contribution < 1.29 is 9.59 Å². The van der Waals surface area contributed by atoms with Crippen molar-refractivity contribution in [1.82, 2.24) is 5.32 Å². The Balaban J connectivity index is 2.57. The van der Waals surface area contributed by atoms with Crippen LogP contribution in [0.2, 0.25) is 0 Å². The Bertz CT molecular complexity index is 455. The Hall–Kier alpha value is -1.94. The number of aliphatic imine (C=N–C) groups is 1. The molecule has 1 rings (SSSR count). The van der Waals surface area contributed by atoms with Crippen molar-refractivity contribution in [3.05, 3.63) is 42.5 Å². The van der Waals surface area contributed by atoms with Crippen LogP contribution in [0.15, 0.2) is 41.9 Å². The van der Waals surface area contributed by atoms with Gasteiger partial charge in [0.15, 0.2) is 0 Å². The summed E-state index contributed by atoms with van der Waals surface area (Å²) in [6.45, 7) is 3.76. The zero-order valence-corrected chi connectivity index (χ0v) is 9.78. The summed E-state index contributed by atoms with van der Waals surface area (Å²) >= 11 is 5.22. The number of carbonyl (C=O) groups excluding carboxylic acids is 2. The third-order valence-electron chi connectivity index (χ3n) is 1.85. The maximum Gasteiger partial charge on any atom is 0.347 e. The van der Waals surface area contributed by atoms with Crippen molar-refractivity contribution in [3.8, 4) is 0 Å². The Labute approximate surface area is 104 Å². The minimum Gasteiger partial charge on any atom is -0.275 e. The Morgan fingerprint density at radius 2 is 2.00 bits per heavy atom. The van der Waals surface area contributed by atoms with E-state index in [4.69, 9.17) is 11.6 Å². The number of carbonyl (C=O) groups is 2. The highest BCUT2D eigenvalue weighted by Gasteiger charge is 2.03. The molecule has 0 bridgehead atoms. The van der Waals surface area contributed by atoms with Crippen LogP contribution in [-0.2, 0) is 4.79 Å². The molecule has 1 N–H and O–H groups in total. The van der Waals surface area contributed by atoms with Crippen LogP contribution in [-0.4, -0.2) is 24.0 Å². The minimum atomic E-state index is -0.757. The van der Waals surface area contributed by atoms with Gasteiger partial charge in [-0.25, -0.2) is 9.79 Å². The van der Waals surface area contributed by atoms with Crippen LogP contribution < -0.4 is 5.32 Å². The van der Waals surface area contributed by atoms with Gasteiger partial charge >= 0.3 is 6.03 Å². The van der Waals surface area contributed by atoms with Crippen LogP contribution >= 0.6 is 11.6 Å². The first-order valence-corrected chi connectivity index (χ1v) is 5.35. The average Bonchev–Trinajstić information content (AvgIpc) is 2.36. The van der Waals surface area contributed by atoms with Crippen LogP contribution in [0.4, 0.5) is 4.79 Å². The second-order valence-electron chi connectivity index (χ2n) is 3.14. The summed E-state index contributed by atoms with van der Waals surface area (Å²) in [5, 5.41) is 1.99. The molecule has 0 heterocycles. The molecule has 0 unspecified atom stereocenters. The van der Waals surface area contributed by atoms with Gasteiger partial charge in [-0.2, -0.15) is 0 Å². The highest BCUT2D eigenvalue weighted by atomic mass is 35.5. The highest BCUT2D eigenvalue weighted by Crippen LogP contribution is 2.08. The number of nitrogens with one attached hydrogen (secondary N) is 1. The van der Waals surface area contributed by atoms with Gasteiger partial charge in [0.05, 0.1) is 0 Å². The molecule has 0 aliphatic rings. The highest BCUT2D eigenvalue weighted by molar-refractivity contribution is 6.28. The number of halogens is 1. The fraction of sp³-hybridized carbons (Fsp3) is 0.0833. The molecule has 3 amide bonds. The topological polar surface area (TPSA) is 58.5 Å². The van der Waals surface area contributed by atoms with Crippen LogP contribution in [0, 0.1) is 0 Å². The SMILES string of the molecule is C=C(C=NC(=O)NC(=O)CCl)c1ccccc1. The number of rotatable bonds is 3. The predicted molar refractivity (Wildman–Crippen MR) is 68.2 cm³/mol. The fourth-order valence-corrected chi connectivity index (χ4v) is 1.12. The summed E-state index contributed by atoms with van der Waals surface area (Å²) in [6, 6.07) is 8.51. The number of alkyl halides is 1. The molecule has 88 valence electrons. The molecule has 1 aromatic carbocycles. The van der Waals surface area contributed by atoms with E-state index in [2.05, 4.69) is 11.6 Å². The van der Waals surface area contributed by atoms with Gasteiger partial charge < -0.3 is 0 Å². The van der Waals surface area contributed by atoms with Gasteiger partial charge in [0.25, 0.3) is 0 Å². The number of allylic oxidation sites excluding steroid dienone is 1. The Kier molecular flexibility index (Phi) is 5.10. The van der Waals surface area contributed by atoms with Gasteiger partial charge in [0.1, 0.15) is 5.88 Å². The monoisotopic (exact) mass is 250 g/mol. The second kappa shape index (κ2) is 6.60. The van der Waals surface area contributed by atoms with Crippen LogP contribution in [0.3, 0.4) is 0 Å². The Morgan fingerprint density at radius 3 is 2.59 bits per heavy atom. The molecule has 0 aromatic heterocycles. The van der Waals surface area contributed by atoms with E-state index in [0.717, 1.165) is 5.56 Å². The van der Waals surface area contributed by atoms with Crippen molar-refractivity contribution in [3.63, 3.8) is 0 Å². The maximum atomic E-state index is 11.1. The first-order valence-electron chi connectivity index (χ1n) is 4.81. The molecule has 0 saturated heterocycles. The van der Waals surface area contributed by atoms with Gasteiger partial charge in [-0.05, 0) is 11.1 Å². The number of urea groups is 1. The maximum absolute atomic E-state index is 11.1. The van der Waals surface area contributed by atoms with E-state index < -0.39 is 11.9 Å². The molecular formula is C12H11ClN2O2. The molecule has 5 heteroatoms. The molecular weight excluding hydrogens is 240 g/mol. The second-order valence-corrected chi connectivity index (χ2v) is 3.40.